The number of nitrogens with zero attached hydrogens (tertiary/aromatic N) is 2. The Labute approximate surface area is 101 Å². The molecule has 0 spiro atoms. The summed E-state index contributed by atoms with van der Waals surface area (Å²) in [6.07, 6.45) is 3.36. The van der Waals surface area contributed by atoms with Gasteiger partial charge in [0.1, 0.15) is 0 Å². The average molecular weight is 226 g/mol. The van der Waals surface area contributed by atoms with E-state index in [4.69, 9.17) is 5.26 Å². The van der Waals surface area contributed by atoms with Crippen LogP contribution in [-0.2, 0) is 6.54 Å². The van der Waals surface area contributed by atoms with Gasteiger partial charge >= 0.3 is 0 Å². The topological polar surface area (TPSA) is 49.0 Å². The molecule has 0 aliphatic heterocycles. The van der Waals surface area contributed by atoms with Gasteiger partial charge in [-0.1, -0.05) is 18.2 Å². The summed E-state index contributed by atoms with van der Waals surface area (Å²) in [5.41, 5.74) is 2.57. The molecule has 3 heteroatoms. The molecule has 0 aliphatic rings. The van der Waals surface area contributed by atoms with E-state index in [1.54, 1.807) is 6.92 Å². The molecule has 2 rings (SSSR count). The van der Waals surface area contributed by atoms with Gasteiger partial charge in [-0.3, -0.25) is 0 Å². The van der Waals surface area contributed by atoms with E-state index in [-0.39, 0.29) is 0 Å². The van der Waals surface area contributed by atoms with Crippen molar-refractivity contribution in [2.75, 3.05) is 0 Å². The molecule has 0 aliphatic carbocycles. The lowest BCUT2D eigenvalue weighted by Gasteiger charge is -2.05. The summed E-state index contributed by atoms with van der Waals surface area (Å²) in [5.74, 6) is 0. The fourth-order valence-corrected chi connectivity index (χ4v) is 1.77. The van der Waals surface area contributed by atoms with E-state index in [9.17, 15) is 5.11 Å². The molecule has 1 N–H and O–H groups in total. The standard InChI is InChI=1S/C14H14N2O/c1-11(17)13-6-7-16(9-13)10-14-5-3-2-4-12(14)8-15/h2-7,9,11,17H,10H2,1H3. The van der Waals surface area contributed by atoms with Crippen LogP contribution in [0.5, 0.6) is 0 Å². The van der Waals surface area contributed by atoms with E-state index >= 15 is 0 Å². The van der Waals surface area contributed by atoms with Gasteiger partial charge < -0.3 is 9.67 Å². The highest BCUT2D eigenvalue weighted by molar-refractivity contribution is 5.37. The molecule has 1 aromatic carbocycles. The zero-order valence-electron chi connectivity index (χ0n) is 9.67. The van der Waals surface area contributed by atoms with Crippen molar-refractivity contribution in [1.29, 1.82) is 5.26 Å². The molecule has 0 bridgehead atoms. The van der Waals surface area contributed by atoms with Crippen molar-refractivity contribution in [2.24, 2.45) is 0 Å². The summed E-state index contributed by atoms with van der Waals surface area (Å²) >= 11 is 0. The van der Waals surface area contributed by atoms with Crippen LogP contribution in [0.4, 0.5) is 0 Å². The number of aromatic nitrogens is 1. The SMILES string of the molecule is CC(O)c1ccn(Cc2ccccc2C#N)c1. The number of nitriles is 1. The van der Waals surface area contributed by atoms with Gasteiger partial charge in [0, 0.05) is 18.9 Å². The Kier molecular flexibility index (Phi) is 3.27. The lowest BCUT2D eigenvalue weighted by atomic mass is 10.1. The molecule has 1 aromatic heterocycles. The van der Waals surface area contributed by atoms with Gasteiger partial charge in [0.05, 0.1) is 17.7 Å². The highest BCUT2D eigenvalue weighted by Gasteiger charge is 2.05. The molecule has 0 amide bonds. The second kappa shape index (κ2) is 4.86. The third kappa shape index (κ3) is 2.55. The highest BCUT2D eigenvalue weighted by Crippen LogP contribution is 2.14. The van der Waals surface area contributed by atoms with E-state index < -0.39 is 6.10 Å². The number of hydrogen-bond donors (Lipinski definition) is 1. The zero-order chi connectivity index (χ0) is 12.3. The lowest BCUT2D eigenvalue weighted by Crippen LogP contribution is -1.99. The van der Waals surface area contributed by atoms with Crippen molar-refractivity contribution in [1.82, 2.24) is 4.57 Å². The van der Waals surface area contributed by atoms with Crippen LogP contribution < -0.4 is 0 Å². The van der Waals surface area contributed by atoms with Crippen LogP contribution in [0.1, 0.15) is 29.7 Å². The minimum Gasteiger partial charge on any atom is -0.389 e. The number of rotatable bonds is 3. The van der Waals surface area contributed by atoms with Gasteiger partial charge in [-0.2, -0.15) is 5.26 Å². The molecule has 1 heterocycles. The Morgan fingerprint density at radius 2 is 2.12 bits per heavy atom. The first kappa shape index (κ1) is 11.4. The quantitative estimate of drug-likeness (QED) is 0.874. The Morgan fingerprint density at radius 1 is 1.35 bits per heavy atom. The third-order valence-electron chi connectivity index (χ3n) is 2.75. The molecular weight excluding hydrogens is 212 g/mol. The van der Waals surface area contributed by atoms with Gasteiger partial charge in [0.2, 0.25) is 0 Å². The molecule has 1 atom stereocenters. The average Bonchev–Trinajstić information content (AvgIpc) is 2.78. The van der Waals surface area contributed by atoms with E-state index in [0.29, 0.717) is 12.1 Å². The maximum Gasteiger partial charge on any atom is 0.0995 e. The van der Waals surface area contributed by atoms with Crippen LogP contribution >= 0.6 is 0 Å². The third-order valence-corrected chi connectivity index (χ3v) is 2.75. The summed E-state index contributed by atoms with van der Waals surface area (Å²) in [4.78, 5) is 0. The molecule has 3 nitrogen and oxygen atoms in total. The predicted molar refractivity (Wildman–Crippen MR) is 65.3 cm³/mol. The molecule has 0 saturated carbocycles. The van der Waals surface area contributed by atoms with Gasteiger partial charge in [-0.15, -0.1) is 0 Å². The van der Waals surface area contributed by atoms with Crippen LogP contribution in [-0.4, -0.2) is 9.67 Å². The summed E-state index contributed by atoms with van der Waals surface area (Å²) < 4.78 is 1.97. The van der Waals surface area contributed by atoms with Crippen LogP contribution in [0.25, 0.3) is 0 Å². The Hall–Kier alpha value is -2.05. The first-order valence-corrected chi connectivity index (χ1v) is 5.52. The Balaban J connectivity index is 2.23. The van der Waals surface area contributed by atoms with Crippen molar-refractivity contribution < 1.29 is 5.11 Å². The fraction of sp³-hybridized carbons (Fsp3) is 0.214. The normalized spacial score (nSPS) is 12.1. The first-order valence-electron chi connectivity index (χ1n) is 5.52. The van der Waals surface area contributed by atoms with Gasteiger partial charge in [-0.25, -0.2) is 0 Å². The maximum absolute atomic E-state index is 9.44. The van der Waals surface area contributed by atoms with Crippen molar-refractivity contribution in [3.8, 4) is 6.07 Å². The van der Waals surface area contributed by atoms with Crippen molar-refractivity contribution >= 4 is 0 Å². The number of aliphatic hydroxyl groups is 1. The van der Waals surface area contributed by atoms with Crippen LogP contribution in [0.15, 0.2) is 42.7 Å². The molecule has 0 saturated heterocycles. The lowest BCUT2D eigenvalue weighted by molar-refractivity contribution is 0.199. The largest absolute Gasteiger partial charge is 0.389 e. The highest BCUT2D eigenvalue weighted by atomic mass is 16.3. The fourth-order valence-electron chi connectivity index (χ4n) is 1.77. The molecule has 0 radical (unpaired) electrons. The van der Waals surface area contributed by atoms with Gasteiger partial charge in [-0.05, 0) is 30.2 Å². The molecular formula is C14H14N2O. The van der Waals surface area contributed by atoms with Crippen LogP contribution in [0, 0.1) is 11.3 Å². The van der Waals surface area contributed by atoms with Crippen molar-refractivity contribution in [3.05, 3.63) is 59.4 Å². The molecule has 1 unspecified atom stereocenters. The van der Waals surface area contributed by atoms with Crippen LogP contribution in [0.3, 0.4) is 0 Å². The van der Waals surface area contributed by atoms with Crippen molar-refractivity contribution in [3.63, 3.8) is 0 Å². The summed E-state index contributed by atoms with van der Waals surface area (Å²) in [7, 11) is 0. The van der Waals surface area contributed by atoms with E-state index in [1.165, 1.54) is 0 Å². The predicted octanol–water partition coefficient (Wildman–Crippen LogP) is 2.46. The number of benzene rings is 1. The van der Waals surface area contributed by atoms with Gasteiger partial charge in [0.25, 0.3) is 0 Å². The Bertz CT molecular complexity index is 549. The zero-order valence-corrected chi connectivity index (χ0v) is 9.67. The number of aliphatic hydroxyl groups excluding tert-OH is 1. The molecule has 17 heavy (non-hydrogen) atoms. The van der Waals surface area contributed by atoms with E-state index in [1.807, 2.05) is 47.3 Å². The Morgan fingerprint density at radius 3 is 2.76 bits per heavy atom. The second-order valence-electron chi connectivity index (χ2n) is 4.06. The molecule has 86 valence electrons. The minimum absolute atomic E-state index is 0.456. The van der Waals surface area contributed by atoms with Gasteiger partial charge in [0.15, 0.2) is 0 Å². The molecule has 0 fully saturated rings. The molecule has 2 aromatic rings. The van der Waals surface area contributed by atoms with Crippen molar-refractivity contribution in [2.45, 2.75) is 19.6 Å². The second-order valence-corrected chi connectivity index (χ2v) is 4.06. The maximum atomic E-state index is 9.44. The summed E-state index contributed by atoms with van der Waals surface area (Å²) in [6.45, 7) is 2.39. The van der Waals surface area contributed by atoms with E-state index in [2.05, 4.69) is 6.07 Å². The van der Waals surface area contributed by atoms with Crippen LogP contribution in [0.2, 0.25) is 0 Å². The summed E-state index contributed by atoms with van der Waals surface area (Å²) in [6, 6.07) is 11.6. The first-order chi connectivity index (χ1) is 8.20. The monoisotopic (exact) mass is 226 g/mol. The summed E-state index contributed by atoms with van der Waals surface area (Å²) in [5, 5.41) is 18.4. The van der Waals surface area contributed by atoms with E-state index in [0.717, 1.165) is 11.1 Å². The minimum atomic E-state index is -0.456. The smallest absolute Gasteiger partial charge is 0.0995 e. The number of hydrogen-bond acceptors (Lipinski definition) is 2.